The van der Waals surface area contributed by atoms with E-state index in [0.29, 0.717) is 23.6 Å². The third-order valence-electron chi connectivity index (χ3n) is 5.54. The lowest BCUT2D eigenvalue weighted by Crippen LogP contribution is -2.54. The Kier molecular flexibility index (Phi) is 4.82. The summed E-state index contributed by atoms with van der Waals surface area (Å²) in [6.45, 7) is 7.27. The SMILES string of the molecule is CC(C)(C)OC(=O)N1C2CCC1CC(N1CCCOc3cc(Cl)nnc31)C2. The van der Waals surface area contributed by atoms with Crippen molar-refractivity contribution >= 4 is 23.5 Å². The second-order valence-corrected chi connectivity index (χ2v) is 9.04. The summed E-state index contributed by atoms with van der Waals surface area (Å²) >= 11 is 6.00. The van der Waals surface area contributed by atoms with Crippen molar-refractivity contribution in [1.29, 1.82) is 0 Å². The third-order valence-corrected chi connectivity index (χ3v) is 5.72. The average molecular weight is 395 g/mol. The van der Waals surface area contributed by atoms with Gasteiger partial charge in [-0.15, -0.1) is 10.2 Å². The summed E-state index contributed by atoms with van der Waals surface area (Å²) in [5, 5.41) is 8.69. The van der Waals surface area contributed by atoms with Gasteiger partial charge in [-0.25, -0.2) is 4.79 Å². The van der Waals surface area contributed by atoms with E-state index in [9.17, 15) is 4.79 Å². The van der Waals surface area contributed by atoms with Gasteiger partial charge in [0.2, 0.25) is 0 Å². The Hall–Kier alpha value is -1.76. The van der Waals surface area contributed by atoms with Crippen LogP contribution in [0.15, 0.2) is 6.07 Å². The van der Waals surface area contributed by atoms with Crippen molar-refractivity contribution in [3.8, 4) is 5.75 Å². The Morgan fingerprint density at radius 3 is 2.59 bits per heavy atom. The van der Waals surface area contributed by atoms with E-state index in [1.807, 2.05) is 25.7 Å². The van der Waals surface area contributed by atoms with Gasteiger partial charge in [0.05, 0.1) is 6.61 Å². The van der Waals surface area contributed by atoms with Crippen LogP contribution in [-0.2, 0) is 4.74 Å². The number of halogens is 1. The number of fused-ring (bicyclic) bond motifs is 3. The van der Waals surface area contributed by atoms with Crippen LogP contribution >= 0.6 is 11.6 Å². The lowest BCUT2D eigenvalue weighted by atomic mass is 9.96. The molecule has 4 heterocycles. The molecule has 8 heteroatoms. The van der Waals surface area contributed by atoms with Gasteiger partial charge in [-0.1, -0.05) is 11.6 Å². The smallest absolute Gasteiger partial charge is 0.410 e. The molecule has 3 aliphatic rings. The van der Waals surface area contributed by atoms with Crippen LogP contribution in [0.1, 0.15) is 52.9 Å². The molecule has 2 atom stereocenters. The van der Waals surface area contributed by atoms with E-state index in [0.717, 1.165) is 44.5 Å². The minimum absolute atomic E-state index is 0.181. The molecule has 2 saturated heterocycles. The number of nitrogens with zero attached hydrogens (tertiary/aromatic N) is 4. The Morgan fingerprint density at radius 2 is 1.93 bits per heavy atom. The number of aromatic nitrogens is 2. The normalized spacial score (nSPS) is 27.6. The van der Waals surface area contributed by atoms with Gasteiger partial charge in [0, 0.05) is 30.7 Å². The summed E-state index contributed by atoms with van der Waals surface area (Å²) in [6.07, 6.45) is 4.64. The molecule has 0 saturated carbocycles. The molecule has 2 bridgehead atoms. The van der Waals surface area contributed by atoms with Crippen LogP contribution in [0.25, 0.3) is 0 Å². The molecule has 1 aromatic heterocycles. The topological polar surface area (TPSA) is 67.8 Å². The minimum Gasteiger partial charge on any atom is -0.489 e. The van der Waals surface area contributed by atoms with Gasteiger partial charge in [-0.2, -0.15) is 0 Å². The van der Waals surface area contributed by atoms with Crippen LogP contribution in [-0.4, -0.2) is 58.1 Å². The molecule has 2 fully saturated rings. The van der Waals surface area contributed by atoms with E-state index in [2.05, 4.69) is 15.1 Å². The zero-order valence-corrected chi connectivity index (χ0v) is 16.9. The summed E-state index contributed by atoms with van der Waals surface area (Å²) in [6, 6.07) is 2.50. The number of carbonyl (C=O) groups excluding carboxylic acids is 1. The van der Waals surface area contributed by atoms with Gasteiger partial charge >= 0.3 is 6.09 Å². The Balaban J connectivity index is 1.53. The molecular formula is C19H27ClN4O3. The highest BCUT2D eigenvalue weighted by atomic mass is 35.5. The fourth-order valence-electron chi connectivity index (χ4n) is 4.55. The van der Waals surface area contributed by atoms with Crippen molar-refractivity contribution in [2.45, 2.75) is 76.6 Å². The van der Waals surface area contributed by atoms with Gasteiger partial charge in [0.1, 0.15) is 5.60 Å². The Morgan fingerprint density at radius 1 is 1.22 bits per heavy atom. The van der Waals surface area contributed by atoms with Crippen molar-refractivity contribution in [3.05, 3.63) is 11.2 Å². The summed E-state index contributed by atoms with van der Waals surface area (Å²) in [4.78, 5) is 17.0. The van der Waals surface area contributed by atoms with Gasteiger partial charge in [-0.3, -0.25) is 0 Å². The zero-order chi connectivity index (χ0) is 19.2. The lowest BCUT2D eigenvalue weighted by Gasteiger charge is -2.43. The van der Waals surface area contributed by atoms with Gasteiger partial charge in [0.25, 0.3) is 0 Å². The number of hydrogen-bond donors (Lipinski definition) is 0. The molecule has 4 rings (SSSR count). The van der Waals surface area contributed by atoms with Crippen LogP contribution in [0, 0.1) is 0 Å². The van der Waals surface area contributed by atoms with E-state index in [4.69, 9.17) is 21.1 Å². The maximum absolute atomic E-state index is 12.7. The van der Waals surface area contributed by atoms with E-state index in [-0.39, 0.29) is 18.2 Å². The highest BCUT2D eigenvalue weighted by molar-refractivity contribution is 6.29. The quantitative estimate of drug-likeness (QED) is 0.724. The molecule has 0 aromatic carbocycles. The molecule has 3 aliphatic heterocycles. The first-order chi connectivity index (χ1) is 12.8. The molecule has 0 radical (unpaired) electrons. The largest absolute Gasteiger partial charge is 0.489 e. The van der Waals surface area contributed by atoms with Crippen molar-refractivity contribution in [2.75, 3.05) is 18.1 Å². The molecule has 1 aromatic rings. The van der Waals surface area contributed by atoms with Crippen LogP contribution in [0.2, 0.25) is 5.15 Å². The summed E-state index contributed by atoms with van der Waals surface area (Å²) in [5.41, 5.74) is -0.469. The average Bonchev–Trinajstić information content (AvgIpc) is 2.75. The number of piperidine rings is 1. The van der Waals surface area contributed by atoms with Crippen molar-refractivity contribution in [1.82, 2.24) is 15.1 Å². The van der Waals surface area contributed by atoms with E-state index < -0.39 is 5.60 Å². The van der Waals surface area contributed by atoms with Crippen LogP contribution in [0.5, 0.6) is 5.75 Å². The standard InChI is InChI=1S/C19H27ClN4O3/c1-19(2,3)27-18(25)24-12-5-6-13(24)10-14(9-12)23-7-4-8-26-15-11-16(20)21-22-17(15)23/h11-14H,4-10H2,1-3H3. The van der Waals surface area contributed by atoms with Crippen molar-refractivity contribution in [2.24, 2.45) is 0 Å². The molecule has 27 heavy (non-hydrogen) atoms. The monoisotopic (exact) mass is 394 g/mol. The van der Waals surface area contributed by atoms with Crippen LogP contribution in [0.4, 0.5) is 10.6 Å². The maximum atomic E-state index is 12.7. The number of rotatable bonds is 1. The first kappa shape index (κ1) is 18.6. The van der Waals surface area contributed by atoms with E-state index >= 15 is 0 Å². The third kappa shape index (κ3) is 3.79. The summed E-state index contributed by atoms with van der Waals surface area (Å²) in [5.74, 6) is 1.47. The summed E-state index contributed by atoms with van der Waals surface area (Å²) < 4.78 is 11.5. The fraction of sp³-hybridized carbons (Fsp3) is 0.737. The molecule has 0 spiro atoms. The van der Waals surface area contributed by atoms with Crippen LogP contribution < -0.4 is 9.64 Å². The Bertz CT molecular complexity index is 709. The number of ether oxygens (including phenoxy) is 2. The highest BCUT2D eigenvalue weighted by Gasteiger charge is 2.46. The first-order valence-electron chi connectivity index (χ1n) is 9.76. The minimum atomic E-state index is -0.469. The Labute approximate surface area is 165 Å². The van der Waals surface area contributed by atoms with Gasteiger partial charge in [-0.05, 0) is 52.9 Å². The molecular weight excluding hydrogens is 368 g/mol. The molecule has 7 nitrogen and oxygen atoms in total. The molecule has 2 unspecified atom stereocenters. The predicted molar refractivity (Wildman–Crippen MR) is 102 cm³/mol. The highest BCUT2D eigenvalue weighted by Crippen LogP contribution is 2.41. The van der Waals surface area contributed by atoms with Gasteiger partial charge in [0.15, 0.2) is 16.7 Å². The van der Waals surface area contributed by atoms with Gasteiger partial charge < -0.3 is 19.3 Å². The fourth-order valence-corrected chi connectivity index (χ4v) is 4.68. The second-order valence-electron chi connectivity index (χ2n) is 8.65. The molecule has 1 amide bonds. The molecule has 0 N–H and O–H groups in total. The van der Waals surface area contributed by atoms with Crippen molar-refractivity contribution in [3.63, 3.8) is 0 Å². The number of carbonyl (C=O) groups is 1. The molecule has 0 aliphatic carbocycles. The van der Waals surface area contributed by atoms with Crippen LogP contribution in [0.3, 0.4) is 0 Å². The molecule has 148 valence electrons. The number of amides is 1. The van der Waals surface area contributed by atoms with E-state index in [1.165, 1.54) is 0 Å². The lowest BCUT2D eigenvalue weighted by molar-refractivity contribution is 0.00582. The second kappa shape index (κ2) is 7.00. The number of hydrogen-bond acceptors (Lipinski definition) is 6. The predicted octanol–water partition coefficient (Wildman–Crippen LogP) is 3.65. The zero-order valence-electron chi connectivity index (χ0n) is 16.2. The van der Waals surface area contributed by atoms with E-state index in [1.54, 1.807) is 6.07 Å². The number of anilines is 1. The maximum Gasteiger partial charge on any atom is 0.410 e. The first-order valence-corrected chi connectivity index (χ1v) is 10.1. The van der Waals surface area contributed by atoms with Crippen molar-refractivity contribution < 1.29 is 14.3 Å². The summed E-state index contributed by atoms with van der Waals surface area (Å²) in [7, 11) is 0.